The highest BCUT2D eigenvalue weighted by molar-refractivity contribution is 5.93. The molecule has 16 heavy (non-hydrogen) atoms. The van der Waals surface area contributed by atoms with E-state index in [4.69, 9.17) is 4.52 Å². The minimum Gasteiger partial charge on any atom is -0.359 e. The normalized spacial score (nSPS) is 15.0. The quantitative estimate of drug-likeness (QED) is 0.819. The Labute approximate surface area is 91.8 Å². The molecule has 3 rings (SSSR count). The van der Waals surface area contributed by atoms with E-state index in [0.717, 1.165) is 18.5 Å². The molecule has 1 saturated carbocycles. The van der Waals surface area contributed by atoms with Gasteiger partial charge in [-0.3, -0.25) is 4.79 Å². The molecule has 2 aromatic heterocycles. The standard InChI is InChI=1S/C11H11N3O2/c15-11(13-7-3-4-7)9-6-10(16-14-9)8-2-1-5-12-8/h1-2,5-7,12H,3-4H2,(H,13,15). The van der Waals surface area contributed by atoms with Crippen molar-refractivity contribution in [2.24, 2.45) is 0 Å². The van der Waals surface area contributed by atoms with E-state index < -0.39 is 0 Å². The van der Waals surface area contributed by atoms with Crippen LogP contribution in [0.2, 0.25) is 0 Å². The highest BCUT2D eigenvalue weighted by atomic mass is 16.5. The summed E-state index contributed by atoms with van der Waals surface area (Å²) in [5.41, 5.74) is 1.15. The fourth-order valence-electron chi connectivity index (χ4n) is 1.48. The van der Waals surface area contributed by atoms with E-state index in [2.05, 4.69) is 15.5 Å². The second kappa shape index (κ2) is 3.52. The third kappa shape index (κ3) is 1.71. The van der Waals surface area contributed by atoms with E-state index in [9.17, 15) is 4.79 Å². The third-order valence-corrected chi connectivity index (χ3v) is 2.52. The summed E-state index contributed by atoms with van der Waals surface area (Å²) in [5, 5.41) is 6.60. The first-order valence-corrected chi connectivity index (χ1v) is 5.24. The molecule has 0 radical (unpaired) electrons. The topological polar surface area (TPSA) is 70.9 Å². The largest absolute Gasteiger partial charge is 0.359 e. The predicted octanol–water partition coefficient (Wildman–Crippen LogP) is 1.56. The fourth-order valence-corrected chi connectivity index (χ4v) is 1.48. The molecular weight excluding hydrogens is 206 g/mol. The Balaban J connectivity index is 1.79. The van der Waals surface area contributed by atoms with Crippen LogP contribution in [0.5, 0.6) is 0 Å². The van der Waals surface area contributed by atoms with Crippen molar-refractivity contribution < 1.29 is 9.32 Å². The van der Waals surface area contributed by atoms with E-state index in [0.29, 0.717) is 17.5 Å². The van der Waals surface area contributed by atoms with Gasteiger partial charge in [0.05, 0.1) is 5.69 Å². The number of carbonyl (C=O) groups is 1. The number of rotatable bonds is 3. The average Bonchev–Trinajstić information content (AvgIpc) is 2.84. The van der Waals surface area contributed by atoms with Crippen molar-refractivity contribution in [3.05, 3.63) is 30.1 Å². The Morgan fingerprint density at radius 2 is 2.44 bits per heavy atom. The minimum absolute atomic E-state index is 0.163. The van der Waals surface area contributed by atoms with Gasteiger partial charge in [0.15, 0.2) is 11.5 Å². The van der Waals surface area contributed by atoms with Gasteiger partial charge in [-0.25, -0.2) is 0 Å². The van der Waals surface area contributed by atoms with E-state index in [1.807, 2.05) is 12.1 Å². The molecule has 0 bridgehead atoms. The molecule has 2 heterocycles. The van der Waals surface area contributed by atoms with Gasteiger partial charge in [0.2, 0.25) is 0 Å². The van der Waals surface area contributed by atoms with Crippen molar-refractivity contribution in [2.45, 2.75) is 18.9 Å². The predicted molar refractivity (Wildman–Crippen MR) is 56.8 cm³/mol. The molecule has 1 fully saturated rings. The summed E-state index contributed by atoms with van der Waals surface area (Å²) in [6.07, 6.45) is 3.92. The lowest BCUT2D eigenvalue weighted by atomic mass is 10.3. The van der Waals surface area contributed by atoms with Crippen LogP contribution in [0.1, 0.15) is 23.3 Å². The lowest BCUT2D eigenvalue weighted by Gasteiger charge is -1.96. The maximum atomic E-state index is 11.6. The molecule has 0 spiro atoms. The first kappa shape index (κ1) is 9.21. The second-order valence-corrected chi connectivity index (χ2v) is 3.91. The summed E-state index contributed by atoms with van der Waals surface area (Å²) in [5.74, 6) is 0.412. The SMILES string of the molecule is O=C(NC1CC1)c1cc(-c2ccc[nH]2)on1. The first-order valence-electron chi connectivity index (χ1n) is 5.24. The zero-order valence-corrected chi connectivity index (χ0v) is 8.56. The molecule has 1 aliphatic carbocycles. The summed E-state index contributed by atoms with van der Waals surface area (Å²) in [6, 6.07) is 5.70. The molecule has 0 aliphatic heterocycles. The number of amides is 1. The monoisotopic (exact) mass is 217 g/mol. The van der Waals surface area contributed by atoms with Crippen molar-refractivity contribution >= 4 is 5.91 Å². The Morgan fingerprint density at radius 1 is 1.56 bits per heavy atom. The Morgan fingerprint density at radius 3 is 3.12 bits per heavy atom. The Kier molecular flexibility index (Phi) is 2.02. The van der Waals surface area contributed by atoms with Crippen LogP contribution < -0.4 is 5.32 Å². The van der Waals surface area contributed by atoms with Gasteiger partial charge < -0.3 is 14.8 Å². The third-order valence-electron chi connectivity index (χ3n) is 2.52. The van der Waals surface area contributed by atoms with Crippen molar-refractivity contribution in [1.29, 1.82) is 0 Å². The van der Waals surface area contributed by atoms with E-state index in [1.54, 1.807) is 12.3 Å². The lowest BCUT2D eigenvalue weighted by Crippen LogP contribution is -2.25. The van der Waals surface area contributed by atoms with Crippen LogP contribution in [0.4, 0.5) is 0 Å². The second-order valence-electron chi connectivity index (χ2n) is 3.91. The molecule has 0 unspecified atom stereocenters. The van der Waals surface area contributed by atoms with Gasteiger partial charge in [-0.2, -0.15) is 0 Å². The van der Waals surface area contributed by atoms with Crippen molar-refractivity contribution in [3.8, 4) is 11.5 Å². The molecule has 1 amide bonds. The number of nitrogens with one attached hydrogen (secondary N) is 2. The van der Waals surface area contributed by atoms with Gasteiger partial charge >= 0.3 is 0 Å². The zero-order chi connectivity index (χ0) is 11.0. The van der Waals surface area contributed by atoms with Crippen LogP contribution in [-0.4, -0.2) is 22.1 Å². The van der Waals surface area contributed by atoms with Gasteiger partial charge in [-0.1, -0.05) is 5.16 Å². The maximum Gasteiger partial charge on any atom is 0.273 e. The summed E-state index contributed by atoms with van der Waals surface area (Å²) >= 11 is 0. The highest BCUT2D eigenvalue weighted by Crippen LogP contribution is 2.21. The molecule has 5 nitrogen and oxygen atoms in total. The zero-order valence-electron chi connectivity index (χ0n) is 8.56. The van der Waals surface area contributed by atoms with E-state index in [1.165, 1.54) is 0 Å². The molecule has 0 saturated heterocycles. The van der Waals surface area contributed by atoms with Crippen LogP contribution in [0.25, 0.3) is 11.5 Å². The summed E-state index contributed by atoms with van der Waals surface area (Å²) in [4.78, 5) is 14.6. The van der Waals surface area contributed by atoms with Crippen molar-refractivity contribution in [1.82, 2.24) is 15.5 Å². The minimum atomic E-state index is -0.163. The molecule has 5 heteroatoms. The number of aromatic amines is 1. The summed E-state index contributed by atoms with van der Waals surface area (Å²) in [7, 11) is 0. The molecular formula is C11H11N3O2. The first-order chi connectivity index (χ1) is 7.83. The van der Waals surface area contributed by atoms with Crippen LogP contribution in [0.15, 0.2) is 28.9 Å². The molecule has 0 atom stereocenters. The number of hydrogen-bond acceptors (Lipinski definition) is 3. The Bertz CT molecular complexity index is 497. The number of carbonyl (C=O) groups excluding carboxylic acids is 1. The van der Waals surface area contributed by atoms with Gasteiger partial charge in [-0.05, 0) is 25.0 Å². The summed E-state index contributed by atoms with van der Waals surface area (Å²) < 4.78 is 5.09. The molecule has 0 aromatic carbocycles. The van der Waals surface area contributed by atoms with Crippen molar-refractivity contribution in [3.63, 3.8) is 0 Å². The number of hydrogen-bond donors (Lipinski definition) is 2. The Hall–Kier alpha value is -2.04. The fraction of sp³-hybridized carbons (Fsp3) is 0.273. The van der Waals surface area contributed by atoms with Gasteiger partial charge in [-0.15, -0.1) is 0 Å². The van der Waals surface area contributed by atoms with Gasteiger partial charge in [0.25, 0.3) is 5.91 Å². The van der Waals surface area contributed by atoms with Crippen LogP contribution in [-0.2, 0) is 0 Å². The number of H-pyrrole nitrogens is 1. The van der Waals surface area contributed by atoms with Gasteiger partial charge in [0.1, 0.15) is 0 Å². The molecule has 2 N–H and O–H groups in total. The summed E-state index contributed by atoms with van der Waals surface area (Å²) in [6.45, 7) is 0. The maximum absolute atomic E-state index is 11.6. The van der Waals surface area contributed by atoms with Gasteiger partial charge in [0, 0.05) is 18.3 Å². The highest BCUT2D eigenvalue weighted by Gasteiger charge is 2.25. The molecule has 82 valence electrons. The van der Waals surface area contributed by atoms with Crippen LogP contribution >= 0.6 is 0 Å². The van der Waals surface area contributed by atoms with Crippen LogP contribution in [0, 0.1) is 0 Å². The molecule has 1 aliphatic rings. The smallest absolute Gasteiger partial charge is 0.273 e. The number of aromatic nitrogens is 2. The number of nitrogens with zero attached hydrogens (tertiary/aromatic N) is 1. The van der Waals surface area contributed by atoms with E-state index >= 15 is 0 Å². The molecule has 2 aromatic rings. The van der Waals surface area contributed by atoms with E-state index in [-0.39, 0.29) is 5.91 Å². The average molecular weight is 217 g/mol. The lowest BCUT2D eigenvalue weighted by molar-refractivity contribution is 0.0942. The van der Waals surface area contributed by atoms with Crippen molar-refractivity contribution in [2.75, 3.05) is 0 Å². The van der Waals surface area contributed by atoms with Crippen LogP contribution in [0.3, 0.4) is 0 Å².